The van der Waals surface area contributed by atoms with E-state index < -0.39 is 58.9 Å². The minimum Gasteiger partial charge on any atom is -0.444 e. The fraction of sp³-hybridized carbons (Fsp3) is 0.500. The highest BCUT2D eigenvalue weighted by molar-refractivity contribution is 5.72. The molecule has 0 radical (unpaired) electrons. The Bertz CT molecular complexity index is 676. The first-order valence-electron chi connectivity index (χ1n) is 7.70. The SMILES string of the molecule is CC(C)(C)OC(=O)NCCOCCC(=O)Oc1c(F)c(F)c(F)c(F)c1F. The molecule has 1 rings (SSSR count). The van der Waals surface area contributed by atoms with Gasteiger partial charge < -0.3 is 19.5 Å². The van der Waals surface area contributed by atoms with Gasteiger partial charge >= 0.3 is 12.1 Å². The maximum atomic E-state index is 13.4. The topological polar surface area (TPSA) is 73.9 Å². The van der Waals surface area contributed by atoms with Gasteiger partial charge in [-0.15, -0.1) is 0 Å². The summed E-state index contributed by atoms with van der Waals surface area (Å²) in [4.78, 5) is 22.8. The van der Waals surface area contributed by atoms with E-state index in [0.717, 1.165) is 0 Å². The average molecular weight is 399 g/mol. The maximum absolute atomic E-state index is 13.4. The Morgan fingerprint density at radius 3 is 1.93 bits per heavy atom. The van der Waals surface area contributed by atoms with E-state index in [4.69, 9.17) is 9.47 Å². The van der Waals surface area contributed by atoms with E-state index in [0.29, 0.717) is 0 Å². The largest absolute Gasteiger partial charge is 0.444 e. The van der Waals surface area contributed by atoms with E-state index in [2.05, 4.69) is 10.1 Å². The van der Waals surface area contributed by atoms with Gasteiger partial charge in [0.25, 0.3) is 0 Å². The smallest absolute Gasteiger partial charge is 0.407 e. The molecular formula is C16H18F5NO5. The summed E-state index contributed by atoms with van der Waals surface area (Å²) in [5.74, 6) is -14.2. The zero-order valence-electron chi connectivity index (χ0n) is 14.8. The summed E-state index contributed by atoms with van der Waals surface area (Å²) in [7, 11) is 0. The zero-order chi connectivity index (χ0) is 20.8. The van der Waals surface area contributed by atoms with Crippen LogP contribution in [0.1, 0.15) is 27.2 Å². The second-order valence-electron chi connectivity index (χ2n) is 6.16. The van der Waals surface area contributed by atoms with E-state index >= 15 is 0 Å². The highest BCUT2D eigenvalue weighted by Crippen LogP contribution is 2.29. The Kier molecular flexibility index (Phi) is 7.95. The number of benzene rings is 1. The first-order chi connectivity index (χ1) is 12.4. The van der Waals surface area contributed by atoms with Crippen LogP contribution >= 0.6 is 0 Å². The number of rotatable bonds is 7. The van der Waals surface area contributed by atoms with Crippen LogP contribution in [0, 0.1) is 29.1 Å². The molecule has 0 atom stereocenters. The van der Waals surface area contributed by atoms with Crippen molar-refractivity contribution in [3.8, 4) is 5.75 Å². The van der Waals surface area contributed by atoms with Gasteiger partial charge in [0, 0.05) is 6.54 Å². The molecule has 1 N–H and O–H groups in total. The van der Waals surface area contributed by atoms with Crippen LogP contribution in [0.4, 0.5) is 26.7 Å². The lowest BCUT2D eigenvalue weighted by molar-refractivity contribution is -0.136. The van der Waals surface area contributed by atoms with Crippen molar-refractivity contribution in [1.29, 1.82) is 0 Å². The van der Waals surface area contributed by atoms with Crippen LogP contribution in [0.25, 0.3) is 0 Å². The van der Waals surface area contributed by atoms with E-state index in [1.165, 1.54) is 0 Å². The maximum Gasteiger partial charge on any atom is 0.407 e. The molecule has 0 heterocycles. The summed E-state index contributed by atoms with van der Waals surface area (Å²) in [6.45, 7) is 4.80. The van der Waals surface area contributed by atoms with Crippen LogP contribution in [-0.4, -0.2) is 37.4 Å². The second-order valence-corrected chi connectivity index (χ2v) is 6.16. The highest BCUT2D eigenvalue weighted by Gasteiger charge is 2.28. The van der Waals surface area contributed by atoms with Crippen molar-refractivity contribution in [1.82, 2.24) is 5.32 Å². The third kappa shape index (κ3) is 7.00. The highest BCUT2D eigenvalue weighted by atomic mass is 19.2. The third-order valence-corrected chi connectivity index (χ3v) is 2.75. The van der Waals surface area contributed by atoms with Crippen molar-refractivity contribution in [2.75, 3.05) is 19.8 Å². The summed E-state index contributed by atoms with van der Waals surface area (Å²) >= 11 is 0. The lowest BCUT2D eigenvalue weighted by atomic mass is 10.2. The summed E-state index contributed by atoms with van der Waals surface area (Å²) in [5.41, 5.74) is -0.668. The molecule has 0 saturated heterocycles. The summed E-state index contributed by atoms with van der Waals surface area (Å²) < 4.78 is 79.7. The van der Waals surface area contributed by atoms with Gasteiger partial charge in [0.1, 0.15) is 5.60 Å². The number of amides is 1. The molecular weight excluding hydrogens is 381 g/mol. The van der Waals surface area contributed by atoms with Crippen molar-refractivity contribution in [3.05, 3.63) is 29.1 Å². The molecule has 27 heavy (non-hydrogen) atoms. The van der Waals surface area contributed by atoms with Crippen molar-refractivity contribution < 1.29 is 45.8 Å². The third-order valence-electron chi connectivity index (χ3n) is 2.75. The summed E-state index contributed by atoms with van der Waals surface area (Å²) in [5, 5.41) is 2.38. The number of halogens is 5. The second kappa shape index (κ2) is 9.49. The first-order valence-corrected chi connectivity index (χ1v) is 7.70. The molecule has 0 aromatic heterocycles. The average Bonchev–Trinajstić information content (AvgIpc) is 2.56. The monoisotopic (exact) mass is 399 g/mol. The van der Waals surface area contributed by atoms with Gasteiger partial charge in [0.15, 0.2) is 0 Å². The number of hydrogen-bond acceptors (Lipinski definition) is 5. The molecule has 11 heteroatoms. The van der Waals surface area contributed by atoms with Gasteiger partial charge in [-0.1, -0.05) is 0 Å². The number of alkyl carbamates (subject to hydrolysis) is 1. The minimum atomic E-state index is -2.36. The predicted octanol–water partition coefficient (Wildman–Crippen LogP) is 3.22. The van der Waals surface area contributed by atoms with E-state index in [1.54, 1.807) is 20.8 Å². The predicted molar refractivity (Wildman–Crippen MR) is 81.5 cm³/mol. The van der Waals surface area contributed by atoms with Crippen LogP contribution in [-0.2, 0) is 14.3 Å². The molecule has 0 saturated carbocycles. The zero-order valence-corrected chi connectivity index (χ0v) is 14.8. The van der Waals surface area contributed by atoms with Crippen molar-refractivity contribution in [2.24, 2.45) is 0 Å². The molecule has 6 nitrogen and oxygen atoms in total. The Labute approximate surface area is 151 Å². The normalized spacial score (nSPS) is 11.3. The molecule has 1 aromatic rings. The van der Waals surface area contributed by atoms with Crippen LogP contribution in [0.2, 0.25) is 0 Å². The molecule has 0 fully saturated rings. The molecule has 0 aliphatic rings. The van der Waals surface area contributed by atoms with E-state index in [-0.39, 0.29) is 19.8 Å². The number of ether oxygens (including phenoxy) is 3. The standard InChI is InChI=1S/C16H18F5NO5/c1-16(2,3)27-15(24)22-5-7-25-6-4-8(23)26-14-12(20)10(18)9(17)11(19)13(14)21/h4-7H2,1-3H3,(H,22,24). The van der Waals surface area contributed by atoms with Gasteiger partial charge in [-0.05, 0) is 20.8 Å². The number of carbonyl (C=O) groups is 2. The molecule has 0 spiro atoms. The van der Waals surface area contributed by atoms with Crippen molar-refractivity contribution >= 4 is 12.1 Å². The van der Waals surface area contributed by atoms with Gasteiger partial charge in [-0.25, -0.2) is 18.0 Å². The van der Waals surface area contributed by atoms with Crippen LogP contribution in [0.5, 0.6) is 5.75 Å². The Morgan fingerprint density at radius 1 is 0.889 bits per heavy atom. The van der Waals surface area contributed by atoms with Crippen molar-refractivity contribution in [2.45, 2.75) is 32.8 Å². The van der Waals surface area contributed by atoms with Gasteiger partial charge in [-0.2, -0.15) is 8.78 Å². The first kappa shape index (κ1) is 22.6. The van der Waals surface area contributed by atoms with E-state index in [9.17, 15) is 31.5 Å². The molecule has 0 aliphatic heterocycles. The van der Waals surface area contributed by atoms with Gasteiger partial charge in [0.05, 0.1) is 19.6 Å². The number of carbonyl (C=O) groups excluding carboxylic acids is 2. The van der Waals surface area contributed by atoms with Crippen LogP contribution < -0.4 is 10.1 Å². The molecule has 152 valence electrons. The summed E-state index contributed by atoms with van der Waals surface area (Å²) in [6, 6.07) is 0. The van der Waals surface area contributed by atoms with Crippen LogP contribution in [0.15, 0.2) is 0 Å². The Hall–Kier alpha value is -2.43. The number of hydrogen-bond donors (Lipinski definition) is 1. The van der Waals surface area contributed by atoms with Gasteiger partial charge in [0.2, 0.25) is 34.8 Å². The fourth-order valence-corrected chi connectivity index (χ4v) is 1.64. The minimum absolute atomic E-state index is 0.0188. The van der Waals surface area contributed by atoms with Crippen LogP contribution in [0.3, 0.4) is 0 Å². The number of esters is 1. The molecule has 0 unspecified atom stereocenters. The molecule has 0 bridgehead atoms. The lowest BCUT2D eigenvalue weighted by Gasteiger charge is -2.19. The lowest BCUT2D eigenvalue weighted by Crippen LogP contribution is -2.34. The molecule has 1 amide bonds. The summed E-state index contributed by atoms with van der Waals surface area (Å²) in [6.07, 6.45) is -1.19. The van der Waals surface area contributed by atoms with E-state index in [1.807, 2.05) is 0 Å². The quantitative estimate of drug-likeness (QED) is 0.190. The molecule has 1 aromatic carbocycles. The number of nitrogens with one attached hydrogen (secondary N) is 1. The van der Waals surface area contributed by atoms with Crippen molar-refractivity contribution in [3.63, 3.8) is 0 Å². The van der Waals surface area contributed by atoms with Gasteiger partial charge in [-0.3, -0.25) is 4.79 Å². The Morgan fingerprint density at radius 2 is 1.41 bits per heavy atom. The Balaban J connectivity index is 2.38. The molecule has 0 aliphatic carbocycles. The fourth-order valence-electron chi connectivity index (χ4n) is 1.64.